The van der Waals surface area contributed by atoms with Gasteiger partial charge in [0.05, 0.1) is 0 Å². The largest absolute Gasteiger partial charge is 0.316 e. The van der Waals surface area contributed by atoms with Gasteiger partial charge in [0.25, 0.3) is 0 Å². The normalized spacial score (nSPS) is 18.1. The highest BCUT2D eigenvalue weighted by Gasteiger charge is 2.16. The van der Waals surface area contributed by atoms with Gasteiger partial charge >= 0.3 is 0 Å². The molecule has 1 atom stereocenters. The molecule has 1 heterocycles. The molecule has 2 heteroatoms. The van der Waals surface area contributed by atoms with Crippen LogP contribution in [-0.4, -0.2) is 18.9 Å². The predicted molar refractivity (Wildman–Crippen MR) is 81.1 cm³/mol. The van der Waals surface area contributed by atoms with Gasteiger partial charge in [0, 0.05) is 18.5 Å². The Kier molecular flexibility index (Phi) is 3.93. The van der Waals surface area contributed by atoms with Crippen LogP contribution in [0, 0.1) is 0 Å². The number of nitrogens with one attached hydrogen (secondary N) is 1. The van der Waals surface area contributed by atoms with Crippen molar-refractivity contribution in [2.24, 2.45) is 0 Å². The lowest BCUT2D eigenvalue weighted by Gasteiger charge is -2.09. The molecule has 1 unspecified atom stereocenters. The van der Waals surface area contributed by atoms with E-state index in [0.717, 1.165) is 24.2 Å². The molecule has 2 aromatic carbocycles. The van der Waals surface area contributed by atoms with Crippen LogP contribution in [-0.2, 0) is 6.42 Å². The third-order valence-electron chi connectivity index (χ3n) is 3.97. The summed E-state index contributed by atoms with van der Waals surface area (Å²) in [5.41, 5.74) is 3.26. The van der Waals surface area contributed by atoms with E-state index in [4.69, 9.17) is 0 Å². The van der Waals surface area contributed by atoms with Crippen molar-refractivity contribution in [3.63, 3.8) is 0 Å². The Hall–Kier alpha value is -1.93. The van der Waals surface area contributed by atoms with Crippen molar-refractivity contribution in [2.75, 3.05) is 13.1 Å². The number of carbonyl (C=O) groups is 1. The Morgan fingerprint density at radius 1 is 1.05 bits per heavy atom. The maximum atomic E-state index is 12.1. The highest BCUT2D eigenvalue weighted by Crippen LogP contribution is 2.22. The minimum absolute atomic E-state index is 0.181. The molecule has 1 saturated heterocycles. The van der Waals surface area contributed by atoms with Crippen LogP contribution in [0.2, 0.25) is 0 Å². The van der Waals surface area contributed by atoms with Crippen LogP contribution in [0.5, 0.6) is 0 Å². The molecule has 102 valence electrons. The van der Waals surface area contributed by atoms with Crippen molar-refractivity contribution < 1.29 is 4.79 Å². The molecule has 0 radical (unpaired) electrons. The zero-order valence-electron chi connectivity index (χ0n) is 11.5. The quantitative estimate of drug-likeness (QED) is 0.860. The fourth-order valence-corrected chi connectivity index (χ4v) is 2.76. The first-order valence-electron chi connectivity index (χ1n) is 7.21. The Labute approximate surface area is 119 Å². The lowest BCUT2D eigenvalue weighted by atomic mass is 9.95. The maximum absolute atomic E-state index is 12.1. The SMILES string of the molecule is O=C(Cc1ccc(C2CCNC2)cc1)c1ccccc1. The Morgan fingerprint density at radius 3 is 2.45 bits per heavy atom. The Bertz CT molecular complexity index is 568. The molecule has 0 aromatic heterocycles. The smallest absolute Gasteiger partial charge is 0.167 e. The molecule has 1 N–H and O–H groups in total. The number of ketones is 1. The van der Waals surface area contributed by atoms with Gasteiger partial charge in [-0.25, -0.2) is 0 Å². The monoisotopic (exact) mass is 265 g/mol. The number of hydrogen-bond donors (Lipinski definition) is 1. The molecule has 0 saturated carbocycles. The summed E-state index contributed by atoms with van der Waals surface area (Å²) in [7, 11) is 0. The lowest BCUT2D eigenvalue weighted by molar-refractivity contribution is 0.0993. The number of Topliss-reactive ketones (excluding diaryl/α,β-unsaturated/α-hetero) is 1. The second-order valence-corrected chi connectivity index (χ2v) is 5.40. The van der Waals surface area contributed by atoms with Gasteiger partial charge in [0.1, 0.15) is 0 Å². The molecule has 0 bridgehead atoms. The number of benzene rings is 2. The molecular weight excluding hydrogens is 246 g/mol. The topological polar surface area (TPSA) is 29.1 Å². The summed E-state index contributed by atoms with van der Waals surface area (Å²) >= 11 is 0. The zero-order valence-corrected chi connectivity index (χ0v) is 11.5. The van der Waals surface area contributed by atoms with E-state index in [1.54, 1.807) is 0 Å². The van der Waals surface area contributed by atoms with Gasteiger partial charge < -0.3 is 5.32 Å². The van der Waals surface area contributed by atoms with Crippen LogP contribution >= 0.6 is 0 Å². The molecular formula is C18H19NO. The number of carbonyl (C=O) groups excluding carboxylic acids is 1. The molecule has 1 aliphatic rings. The van der Waals surface area contributed by atoms with Crippen LogP contribution in [0.4, 0.5) is 0 Å². The summed E-state index contributed by atoms with van der Waals surface area (Å²) in [6, 6.07) is 18.0. The lowest BCUT2D eigenvalue weighted by Crippen LogP contribution is -2.08. The summed E-state index contributed by atoms with van der Waals surface area (Å²) in [6.45, 7) is 2.18. The molecule has 0 aliphatic carbocycles. The number of hydrogen-bond acceptors (Lipinski definition) is 2. The second-order valence-electron chi connectivity index (χ2n) is 5.40. The van der Waals surface area contributed by atoms with E-state index in [1.807, 2.05) is 30.3 Å². The van der Waals surface area contributed by atoms with Gasteiger partial charge in [-0.1, -0.05) is 54.6 Å². The highest BCUT2D eigenvalue weighted by molar-refractivity contribution is 5.97. The van der Waals surface area contributed by atoms with E-state index in [1.165, 1.54) is 12.0 Å². The van der Waals surface area contributed by atoms with E-state index in [9.17, 15) is 4.79 Å². The van der Waals surface area contributed by atoms with E-state index >= 15 is 0 Å². The van der Waals surface area contributed by atoms with Gasteiger partial charge in [-0.3, -0.25) is 4.79 Å². The van der Waals surface area contributed by atoms with E-state index in [0.29, 0.717) is 12.3 Å². The van der Waals surface area contributed by atoms with Gasteiger partial charge in [0.2, 0.25) is 0 Å². The molecule has 1 fully saturated rings. The molecule has 3 rings (SSSR count). The summed E-state index contributed by atoms with van der Waals surface area (Å²) in [5.74, 6) is 0.815. The van der Waals surface area contributed by atoms with Gasteiger partial charge in [-0.2, -0.15) is 0 Å². The standard InChI is InChI=1S/C18H19NO/c20-18(16-4-2-1-3-5-16)12-14-6-8-15(9-7-14)17-10-11-19-13-17/h1-9,17,19H,10-13H2. The van der Waals surface area contributed by atoms with Crippen LogP contribution in [0.15, 0.2) is 54.6 Å². The third-order valence-corrected chi connectivity index (χ3v) is 3.97. The molecule has 2 nitrogen and oxygen atoms in total. The van der Waals surface area contributed by atoms with Crippen molar-refractivity contribution in [3.8, 4) is 0 Å². The minimum Gasteiger partial charge on any atom is -0.316 e. The first-order chi connectivity index (χ1) is 9.83. The van der Waals surface area contributed by atoms with Crippen LogP contribution in [0.25, 0.3) is 0 Å². The van der Waals surface area contributed by atoms with Crippen molar-refractivity contribution in [2.45, 2.75) is 18.8 Å². The molecule has 2 aromatic rings. The summed E-state index contributed by atoms with van der Waals surface area (Å²) in [4.78, 5) is 12.1. The maximum Gasteiger partial charge on any atom is 0.167 e. The van der Waals surface area contributed by atoms with E-state index in [-0.39, 0.29) is 5.78 Å². The fraction of sp³-hybridized carbons (Fsp3) is 0.278. The van der Waals surface area contributed by atoms with Crippen LogP contribution in [0.1, 0.15) is 33.8 Å². The fourth-order valence-electron chi connectivity index (χ4n) is 2.76. The minimum atomic E-state index is 0.181. The zero-order chi connectivity index (χ0) is 13.8. The van der Waals surface area contributed by atoms with Gasteiger partial charge in [-0.05, 0) is 30.0 Å². The molecule has 0 amide bonds. The summed E-state index contributed by atoms with van der Waals surface area (Å²) in [5, 5.41) is 3.39. The van der Waals surface area contributed by atoms with Crippen molar-refractivity contribution in [1.29, 1.82) is 0 Å². The van der Waals surface area contributed by atoms with E-state index < -0.39 is 0 Å². The van der Waals surface area contributed by atoms with Gasteiger partial charge in [0.15, 0.2) is 5.78 Å². The van der Waals surface area contributed by atoms with Crippen molar-refractivity contribution in [3.05, 3.63) is 71.3 Å². The summed E-state index contributed by atoms with van der Waals surface area (Å²) in [6.07, 6.45) is 1.69. The van der Waals surface area contributed by atoms with Crippen molar-refractivity contribution in [1.82, 2.24) is 5.32 Å². The van der Waals surface area contributed by atoms with E-state index in [2.05, 4.69) is 29.6 Å². The van der Waals surface area contributed by atoms with Crippen LogP contribution in [0.3, 0.4) is 0 Å². The van der Waals surface area contributed by atoms with Crippen molar-refractivity contribution >= 4 is 5.78 Å². The molecule has 0 spiro atoms. The molecule has 1 aliphatic heterocycles. The first kappa shape index (κ1) is 13.1. The molecule has 20 heavy (non-hydrogen) atoms. The average molecular weight is 265 g/mol. The highest BCUT2D eigenvalue weighted by atomic mass is 16.1. The Morgan fingerprint density at radius 2 is 1.80 bits per heavy atom. The first-order valence-corrected chi connectivity index (χ1v) is 7.21. The Balaban J connectivity index is 1.67. The van der Waals surface area contributed by atoms with Gasteiger partial charge in [-0.15, -0.1) is 0 Å². The predicted octanol–water partition coefficient (Wildman–Crippen LogP) is 3.19. The van der Waals surface area contributed by atoms with Crippen LogP contribution < -0.4 is 5.32 Å². The number of rotatable bonds is 4. The third kappa shape index (κ3) is 2.97. The summed E-state index contributed by atoms with van der Waals surface area (Å²) < 4.78 is 0. The second kappa shape index (κ2) is 6.02. The average Bonchev–Trinajstić information content (AvgIpc) is 3.03.